The third-order valence-electron chi connectivity index (χ3n) is 3.00. The van der Waals surface area contributed by atoms with Gasteiger partial charge in [0.2, 0.25) is 5.91 Å². The molecular weight excluding hydrogens is 289 g/mol. The van der Waals surface area contributed by atoms with Gasteiger partial charge in [-0.05, 0) is 53.4 Å². The first-order valence-corrected chi connectivity index (χ1v) is 6.31. The van der Waals surface area contributed by atoms with Crippen molar-refractivity contribution >= 4 is 27.5 Å². The van der Waals surface area contributed by atoms with E-state index in [-0.39, 0.29) is 11.8 Å². The molecule has 2 N–H and O–H groups in total. The molecule has 1 aliphatic rings. The Kier molecular flexibility index (Phi) is 3.79. The van der Waals surface area contributed by atoms with Crippen LogP contribution in [0.1, 0.15) is 19.3 Å². The number of hydrogen-bond donors (Lipinski definition) is 2. The molecule has 0 aliphatic heterocycles. The lowest BCUT2D eigenvalue weighted by molar-refractivity contribution is -0.122. The first-order valence-electron chi connectivity index (χ1n) is 5.52. The first-order chi connectivity index (χ1) is 8.08. The number of halogens is 2. The standard InChI is InChI=1S/C12H13BrFNO2/c13-9-5-4-7(6-10(9)14)15-12(17)8-2-1-3-11(8)16/h4-6,8,11,16H,1-3H2,(H,15,17). The molecule has 0 spiro atoms. The number of hydrogen-bond acceptors (Lipinski definition) is 2. The van der Waals surface area contributed by atoms with E-state index in [0.29, 0.717) is 23.0 Å². The molecule has 1 aromatic rings. The van der Waals surface area contributed by atoms with Crippen molar-refractivity contribution in [2.75, 3.05) is 5.32 Å². The van der Waals surface area contributed by atoms with Gasteiger partial charge in [0.05, 0.1) is 16.5 Å². The van der Waals surface area contributed by atoms with Crippen LogP contribution in [0.25, 0.3) is 0 Å². The maximum atomic E-state index is 13.2. The molecule has 2 unspecified atom stereocenters. The smallest absolute Gasteiger partial charge is 0.230 e. The van der Waals surface area contributed by atoms with Crippen LogP contribution < -0.4 is 5.32 Å². The summed E-state index contributed by atoms with van der Waals surface area (Å²) in [5.41, 5.74) is 0.412. The molecule has 17 heavy (non-hydrogen) atoms. The predicted molar refractivity (Wildman–Crippen MR) is 66.1 cm³/mol. The van der Waals surface area contributed by atoms with E-state index in [1.165, 1.54) is 12.1 Å². The minimum Gasteiger partial charge on any atom is -0.392 e. The van der Waals surface area contributed by atoms with E-state index in [9.17, 15) is 14.3 Å². The van der Waals surface area contributed by atoms with Crippen molar-refractivity contribution in [3.63, 3.8) is 0 Å². The van der Waals surface area contributed by atoms with Crippen LogP contribution in [0.4, 0.5) is 10.1 Å². The van der Waals surface area contributed by atoms with Crippen molar-refractivity contribution in [2.24, 2.45) is 5.92 Å². The first kappa shape index (κ1) is 12.5. The van der Waals surface area contributed by atoms with Crippen molar-refractivity contribution in [2.45, 2.75) is 25.4 Å². The monoisotopic (exact) mass is 301 g/mol. The second kappa shape index (κ2) is 5.14. The van der Waals surface area contributed by atoms with Crippen LogP contribution in [0, 0.1) is 11.7 Å². The Bertz CT molecular complexity index is 439. The van der Waals surface area contributed by atoms with Gasteiger partial charge in [0.1, 0.15) is 5.82 Å². The highest BCUT2D eigenvalue weighted by molar-refractivity contribution is 9.10. The molecule has 0 bridgehead atoms. The fourth-order valence-corrected chi connectivity index (χ4v) is 2.30. The fraction of sp³-hybridized carbons (Fsp3) is 0.417. The van der Waals surface area contributed by atoms with Crippen LogP contribution >= 0.6 is 15.9 Å². The molecule has 92 valence electrons. The molecule has 0 saturated heterocycles. The number of benzene rings is 1. The minimum absolute atomic E-state index is 0.239. The lowest BCUT2D eigenvalue weighted by atomic mass is 10.1. The van der Waals surface area contributed by atoms with E-state index in [1.807, 2.05) is 0 Å². The lowest BCUT2D eigenvalue weighted by Crippen LogP contribution is -2.28. The number of anilines is 1. The Hall–Kier alpha value is -0.940. The average Bonchev–Trinajstić information content (AvgIpc) is 2.70. The van der Waals surface area contributed by atoms with Crippen molar-refractivity contribution in [1.29, 1.82) is 0 Å². The van der Waals surface area contributed by atoms with Gasteiger partial charge in [0.15, 0.2) is 0 Å². The summed E-state index contributed by atoms with van der Waals surface area (Å²) >= 11 is 3.04. The molecule has 3 nitrogen and oxygen atoms in total. The Morgan fingerprint density at radius 2 is 2.24 bits per heavy atom. The SMILES string of the molecule is O=C(Nc1ccc(Br)c(F)c1)C1CCCC1O. The topological polar surface area (TPSA) is 49.3 Å². The summed E-state index contributed by atoms with van der Waals surface area (Å²) in [7, 11) is 0. The number of carbonyl (C=O) groups is 1. The van der Waals surface area contributed by atoms with Gasteiger partial charge in [0.25, 0.3) is 0 Å². The summed E-state index contributed by atoms with van der Waals surface area (Å²) in [4.78, 5) is 11.8. The lowest BCUT2D eigenvalue weighted by Gasteiger charge is -2.14. The summed E-state index contributed by atoms with van der Waals surface area (Å²) in [6.07, 6.45) is 1.63. The predicted octanol–water partition coefficient (Wildman–Crippen LogP) is 2.69. The molecule has 5 heteroatoms. The zero-order valence-electron chi connectivity index (χ0n) is 9.12. The molecule has 1 fully saturated rings. The summed E-state index contributed by atoms with van der Waals surface area (Å²) in [5, 5.41) is 12.2. The Morgan fingerprint density at radius 3 is 2.82 bits per heavy atom. The van der Waals surface area contributed by atoms with Crippen molar-refractivity contribution in [3.05, 3.63) is 28.5 Å². The number of aliphatic hydroxyl groups excluding tert-OH is 1. The number of carbonyl (C=O) groups excluding carboxylic acids is 1. The number of nitrogens with one attached hydrogen (secondary N) is 1. The van der Waals surface area contributed by atoms with E-state index in [4.69, 9.17) is 0 Å². The highest BCUT2D eigenvalue weighted by atomic mass is 79.9. The minimum atomic E-state index is -0.574. The maximum absolute atomic E-state index is 13.2. The van der Waals surface area contributed by atoms with Crippen molar-refractivity contribution in [1.82, 2.24) is 0 Å². The summed E-state index contributed by atoms with van der Waals surface area (Å²) < 4.78 is 13.6. The van der Waals surface area contributed by atoms with E-state index >= 15 is 0 Å². The van der Waals surface area contributed by atoms with Gasteiger partial charge in [-0.1, -0.05) is 0 Å². The second-order valence-electron chi connectivity index (χ2n) is 4.22. The van der Waals surface area contributed by atoms with Gasteiger partial charge in [-0.3, -0.25) is 4.79 Å². The quantitative estimate of drug-likeness (QED) is 0.882. The van der Waals surface area contributed by atoms with Crippen LogP contribution in [-0.2, 0) is 4.79 Å². The zero-order valence-corrected chi connectivity index (χ0v) is 10.7. The summed E-state index contributed by atoms with van der Waals surface area (Å²) in [5.74, 6) is -1.03. The Balaban J connectivity index is 2.05. The van der Waals surface area contributed by atoms with Gasteiger partial charge in [-0.25, -0.2) is 4.39 Å². The molecule has 2 rings (SSSR count). The number of amides is 1. The van der Waals surface area contributed by atoms with Crippen molar-refractivity contribution in [3.8, 4) is 0 Å². The van der Waals surface area contributed by atoms with Crippen LogP contribution in [0.15, 0.2) is 22.7 Å². The van der Waals surface area contributed by atoms with Crippen molar-refractivity contribution < 1.29 is 14.3 Å². The largest absolute Gasteiger partial charge is 0.392 e. The molecule has 1 aromatic carbocycles. The van der Waals surface area contributed by atoms with E-state index < -0.39 is 11.9 Å². The van der Waals surface area contributed by atoms with Crippen LogP contribution in [-0.4, -0.2) is 17.1 Å². The molecule has 1 saturated carbocycles. The highest BCUT2D eigenvalue weighted by Crippen LogP contribution is 2.27. The van der Waals surface area contributed by atoms with E-state index in [0.717, 1.165) is 6.42 Å². The third kappa shape index (κ3) is 2.84. The van der Waals surface area contributed by atoms with E-state index in [2.05, 4.69) is 21.2 Å². The highest BCUT2D eigenvalue weighted by Gasteiger charge is 2.31. The van der Waals surface area contributed by atoms with Crippen LogP contribution in [0.5, 0.6) is 0 Å². The molecule has 1 aliphatic carbocycles. The summed E-state index contributed by atoms with van der Waals surface area (Å²) in [6, 6.07) is 4.41. The van der Waals surface area contributed by atoms with Gasteiger partial charge in [0, 0.05) is 5.69 Å². The second-order valence-corrected chi connectivity index (χ2v) is 5.08. The number of rotatable bonds is 2. The number of aliphatic hydroxyl groups is 1. The molecule has 0 aromatic heterocycles. The van der Waals surface area contributed by atoms with Gasteiger partial charge >= 0.3 is 0 Å². The maximum Gasteiger partial charge on any atom is 0.230 e. The molecule has 1 amide bonds. The third-order valence-corrected chi connectivity index (χ3v) is 3.65. The zero-order chi connectivity index (χ0) is 12.4. The average molecular weight is 302 g/mol. The van der Waals surface area contributed by atoms with Gasteiger partial charge < -0.3 is 10.4 Å². The Labute approximate surface area is 107 Å². The van der Waals surface area contributed by atoms with E-state index in [1.54, 1.807) is 6.07 Å². The normalized spacial score (nSPS) is 23.7. The summed E-state index contributed by atoms with van der Waals surface area (Å²) in [6.45, 7) is 0. The molecule has 0 radical (unpaired) electrons. The van der Waals surface area contributed by atoms with Crippen LogP contribution in [0.3, 0.4) is 0 Å². The van der Waals surface area contributed by atoms with Crippen LogP contribution in [0.2, 0.25) is 0 Å². The molecule has 0 heterocycles. The molecular formula is C12H13BrFNO2. The Morgan fingerprint density at radius 1 is 1.47 bits per heavy atom. The fourth-order valence-electron chi connectivity index (χ4n) is 2.06. The van der Waals surface area contributed by atoms with Gasteiger partial charge in [-0.15, -0.1) is 0 Å². The molecule has 2 atom stereocenters. The van der Waals surface area contributed by atoms with Gasteiger partial charge in [-0.2, -0.15) is 0 Å².